The van der Waals surface area contributed by atoms with Gasteiger partial charge in [0, 0.05) is 46.0 Å². The second-order valence-corrected chi connectivity index (χ2v) is 9.27. The highest BCUT2D eigenvalue weighted by Gasteiger charge is 2.29. The van der Waals surface area contributed by atoms with Gasteiger partial charge in [-0.1, -0.05) is 30.3 Å². The van der Waals surface area contributed by atoms with E-state index >= 15 is 0 Å². The summed E-state index contributed by atoms with van der Waals surface area (Å²) in [4.78, 5) is 17.0. The smallest absolute Gasteiger partial charge is 0.263 e. The lowest BCUT2D eigenvalue weighted by molar-refractivity contribution is -0.116. The van der Waals surface area contributed by atoms with Crippen molar-refractivity contribution in [2.75, 3.05) is 11.9 Å². The van der Waals surface area contributed by atoms with Gasteiger partial charge in [0.2, 0.25) is 5.91 Å². The van der Waals surface area contributed by atoms with Gasteiger partial charge >= 0.3 is 0 Å². The van der Waals surface area contributed by atoms with Gasteiger partial charge in [-0.2, -0.15) is 0 Å². The molecule has 0 atom stereocenters. The van der Waals surface area contributed by atoms with Crippen LogP contribution >= 0.6 is 0 Å². The molecule has 1 amide bonds. The van der Waals surface area contributed by atoms with Gasteiger partial charge < -0.3 is 9.88 Å². The number of sulfonamides is 1. The minimum Gasteiger partial charge on any atom is -0.341 e. The predicted molar refractivity (Wildman–Crippen MR) is 127 cm³/mol. The molecule has 0 fully saturated rings. The third kappa shape index (κ3) is 3.42. The Bertz CT molecular complexity index is 1500. The van der Waals surface area contributed by atoms with Crippen molar-refractivity contribution in [2.24, 2.45) is 4.99 Å². The van der Waals surface area contributed by atoms with Crippen LogP contribution in [0.3, 0.4) is 0 Å². The van der Waals surface area contributed by atoms with E-state index in [-0.39, 0.29) is 29.6 Å². The average molecular weight is 447 g/mol. The summed E-state index contributed by atoms with van der Waals surface area (Å²) >= 11 is 0. The van der Waals surface area contributed by atoms with E-state index in [1.165, 1.54) is 5.52 Å². The van der Waals surface area contributed by atoms with Crippen LogP contribution in [0, 0.1) is 0 Å². The molecule has 0 spiro atoms. The minimum atomic E-state index is -3.58. The number of fused-ring (bicyclic) bond motifs is 4. The second kappa shape index (κ2) is 7.80. The number of rotatable bonds is 5. The summed E-state index contributed by atoms with van der Waals surface area (Å²) in [5.74, 6) is 0.101. The molecular weight excluding hydrogens is 424 g/mol. The topological polar surface area (TPSA) is 92.6 Å². The molecule has 0 unspecified atom stereocenters. The van der Waals surface area contributed by atoms with Crippen molar-refractivity contribution in [1.82, 2.24) is 9.29 Å². The quantitative estimate of drug-likeness (QED) is 0.487. The number of amides is 1. The molecule has 0 bridgehead atoms. The molecule has 0 saturated heterocycles. The van der Waals surface area contributed by atoms with Crippen LogP contribution in [0.4, 0.5) is 5.69 Å². The lowest BCUT2D eigenvalue weighted by Crippen LogP contribution is -2.23. The van der Waals surface area contributed by atoms with E-state index in [4.69, 9.17) is 0 Å². The number of aromatic nitrogens is 1. The monoisotopic (exact) mass is 446 g/mol. The highest BCUT2D eigenvalue weighted by molar-refractivity contribution is 7.90. The van der Waals surface area contributed by atoms with Crippen LogP contribution in [0.1, 0.15) is 18.9 Å². The number of para-hydroxylation sites is 1. The number of benzene rings is 3. The third-order valence-electron chi connectivity index (χ3n) is 5.64. The number of hydrogen-bond acceptors (Lipinski definition) is 4. The lowest BCUT2D eigenvalue weighted by atomic mass is 10.1. The van der Waals surface area contributed by atoms with Crippen molar-refractivity contribution in [3.05, 3.63) is 72.3 Å². The van der Waals surface area contributed by atoms with E-state index in [9.17, 15) is 13.2 Å². The Morgan fingerprint density at radius 3 is 2.59 bits per heavy atom. The van der Waals surface area contributed by atoms with Crippen LogP contribution in [0.5, 0.6) is 0 Å². The van der Waals surface area contributed by atoms with Crippen LogP contribution in [0.25, 0.3) is 21.8 Å². The average Bonchev–Trinajstić information content (AvgIpc) is 3.25. The fourth-order valence-corrected chi connectivity index (χ4v) is 5.47. The van der Waals surface area contributed by atoms with Gasteiger partial charge in [0.1, 0.15) is 5.84 Å². The number of aliphatic imine (C=N–C) groups is 1. The Morgan fingerprint density at radius 2 is 1.75 bits per heavy atom. The molecule has 32 heavy (non-hydrogen) atoms. The molecule has 0 saturated carbocycles. The Labute approximate surface area is 185 Å². The fourth-order valence-electron chi connectivity index (χ4n) is 4.22. The van der Waals surface area contributed by atoms with Gasteiger partial charge in [-0.3, -0.25) is 14.5 Å². The van der Waals surface area contributed by atoms with Gasteiger partial charge in [-0.25, -0.2) is 8.42 Å². The number of nitrogens with zero attached hydrogens (tertiary/aromatic N) is 2. The van der Waals surface area contributed by atoms with E-state index in [0.29, 0.717) is 5.56 Å². The number of hydrogen-bond donors (Lipinski definition) is 2. The maximum atomic E-state index is 12.5. The van der Waals surface area contributed by atoms with Crippen LogP contribution in [-0.2, 0) is 21.4 Å². The summed E-state index contributed by atoms with van der Waals surface area (Å²) in [7, 11) is -3.58. The molecule has 2 heterocycles. The first kappa shape index (κ1) is 20.3. The largest absolute Gasteiger partial charge is 0.341 e. The summed E-state index contributed by atoms with van der Waals surface area (Å²) < 4.78 is 29.0. The molecule has 5 rings (SSSR count). The maximum Gasteiger partial charge on any atom is 0.263 e. The zero-order valence-corrected chi connectivity index (χ0v) is 18.3. The highest BCUT2D eigenvalue weighted by Crippen LogP contribution is 2.31. The summed E-state index contributed by atoms with van der Waals surface area (Å²) in [5, 5.41) is 5.18. The Balaban J connectivity index is 1.32. The molecule has 7 nitrogen and oxygen atoms in total. The zero-order chi connectivity index (χ0) is 22.3. The van der Waals surface area contributed by atoms with Crippen molar-refractivity contribution < 1.29 is 13.2 Å². The van der Waals surface area contributed by atoms with Gasteiger partial charge in [-0.15, -0.1) is 0 Å². The second-order valence-electron chi connectivity index (χ2n) is 7.62. The molecular formula is C24H22N4O3S. The lowest BCUT2D eigenvalue weighted by Gasteiger charge is -2.06. The van der Waals surface area contributed by atoms with Crippen LogP contribution in [0.15, 0.2) is 76.6 Å². The number of carbonyl (C=O) groups excluding carboxylic acids is 1. The molecule has 1 aliphatic heterocycles. The van der Waals surface area contributed by atoms with Gasteiger partial charge in [0.15, 0.2) is 0 Å². The van der Waals surface area contributed by atoms with Crippen molar-refractivity contribution in [3.63, 3.8) is 0 Å². The van der Waals surface area contributed by atoms with E-state index < -0.39 is 10.0 Å². The standard InChI is InChI=1S/C24H22N4O3S/c1-2-28-20-9-5-3-7-17(20)19-15-16(11-12-21(19)28)26-23(29)13-14-25-24-18-8-4-6-10-22(18)32(30,31)27-24/h3-12,15H,2,13-14H2,1H3,(H,25,27)(H,26,29). The normalized spacial score (nSPS) is 15.7. The van der Waals surface area contributed by atoms with E-state index in [2.05, 4.69) is 38.7 Å². The van der Waals surface area contributed by atoms with Crippen LogP contribution < -0.4 is 10.0 Å². The summed E-state index contributed by atoms with van der Waals surface area (Å²) in [6.07, 6.45) is 0.141. The molecule has 4 aromatic rings. The third-order valence-corrected chi connectivity index (χ3v) is 7.04. The van der Waals surface area contributed by atoms with Crippen molar-refractivity contribution in [3.8, 4) is 0 Å². The Kier molecular flexibility index (Phi) is 4.94. The maximum absolute atomic E-state index is 12.5. The van der Waals surface area contributed by atoms with Gasteiger partial charge in [0.05, 0.1) is 11.4 Å². The predicted octanol–water partition coefficient (Wildman–Crippen LogP) is 3.88. The fraction of sp³-hybridized carbons (Fsp3) is 0.167. The van der Waals surface area contributed by atoms with E-state index in [1.807, 2.05) is 30.3 Å². The first-order valence-electron chi connectivity index (χ1n) is 10.5. The van der Waals surface area contributed by atoms with E-state index in [0.717, 1.165) is 28.5 Å². The number of aryl methyl sites for hydroxylation is 1. The molecule has 162 valence electrons. The van der Waals surface area contributed by atoms with E-state index in [1.54, 1.807) is 24.3 Å². The molecule has 3 aromatic carbocycles. The Morgan fingerprint density at radius 1 is 1.00 bits per heavy atom. The molecule has 0 aliphatic carbocycles. The first-order chi connectivity index (χ1) is 15.5. The van der Waals surface area contributed by atoms with Crippen LogP contribution in [-0.4, -0.2) is 31.3 Å². The van der Waals surface area contributed by atoms with Gasteiger partial charge in [-0.05, 0) is 43.3 Å². The summed E-state index contributed by atoms with van der Waals surface area (Å²) in [6, 6.07) is 20.8. The minimum absolute atomic E-state index is 0.141. The highest BCUT2D eigenvalue weighted by atomic mass is 32.2. The zero-order valence-electron chi connectivity index (χ0n) is 17.5. The number of anilines is 1. The Hall–Kier alpha value is -3.65. The van der Waals surface area contributed by atoms with Gasteiger partial charge in [0.25, 0.3) is 10.0 Å². The molecule has 2 N–H and O–H groups in total. The number of nitrogens with one attached hydrogen (secondary N) is 2. The number of carbonyl (C=O) groups is 1. The van der Waals surface area contributed by atoms with Crippen molar-refractivity contribution >= 4 is 49.3 Å². The molecule has 8 heteroatoms. The molecule has 1 aromatic heterocycles. The van der Waals surface area contributed by atoms with Crippen molar-refractivity contribution in [2.45, 2.75) is 24.8 Å². The molecule has 1 aliphatic rings. The van der Waals surface area contributed by atoms with Crippen molar-refractivity contribution in [1.29, 1.82) is 0 Å². The van der Waals surface area contributed by atoms with Crippen LogP contribution in [0.2, 0.25) is 0 Å². The number of amidine groups is 1. The summed E-state index contributed by atoms with van der Waals surface area (Å²) in [5.41, 5.74) is 3.56. The molecule has 0 radical (unpaired) electrons. The summed E-state index contributed by atoms with van der Waals surface area (Å²) in [6.45, 7) is 3.16. The first-order valence-corrected chi connectivity index (χ1v) is 11.9. The SMILES string of the molecule is CCn1c2ccccc2c2cc(NC(=O)CCN=C3NS(=O)(=O)c4ccccc43)ccc21.